The molecule has 0 aliphatic carbocycles. The van der Waals surface area contributed by atoms with E-state index in [2.05, 4.69) is 21.1 Å². The van der Waals surface area contributed by atoms with E-state index in [9.17, 15) is 5.26 Å². The number of hydrogen-bond donors (Lipinski definition) is 0. The third-order valence-electron chi connectivity index (χ3n) is 2.42. The van der Waals surface area contributed by atoms with Gasteiger partial charge in [0.2, 0.25) is 0 Å². The molecule has 0 bridgehead atoms. The molecule has 0 atom stereocenters. The van der Waals surface area contributed by atoms with Crippen LogP contribution in [0.15, 0.2) is 18.6 Å². The molecule has 0 fully saturated rings. The molecular formula is C12H12ClN5. The summed E-state index contributed by atoms with van der Waals surface area (Å²) in [5.74, 6) is 0.495. The van der Waals surface area contributed by atoms with Crippen LogP contribution in [0.2, 0.25) is 5.15 Å². The van der Waals surface area contributed by atoms with Crippen molar-refractivity contribution in [3.8, 4) is 11.9 Å². The van der Waals surface area contributed by atoms with E-state index in [0.29, 0.717) is 17.1 Å². The van der Waals surface area contributed by atoms with Gasteiger partial charge in [-0.1, -0.05) is 32.4 Å². The lowest BCUT2D eigenvalue weighted by molar-refractivity contribution is 0.558. The third kappa shape index (κ3) is 2.07. The maximum absolute atomic E-state index is 9.20. The SMILES string of the molecule is CC(C)(C)c1nn(-c2cnccn2)c(Cl)c1C#N. The first-order valence-corrected chi connectivity index (χ1v) is 5.78. The van der Waals surface area contributed by atoms with E-state index in [1.807, 2.05) is 20.8 Å². The topological polar surface area (TPSA) is 67.4 Å². The Labute approximate surface area is 110 Å². The molecular weight excluding hydrogens is 250 g/mol. The van der Waals surface area contributed by atoms with Crippen LogP contribution in [0.3, 0.4) is 0 Å². The fraction of sp³-hybridized carbons (Fsp3) is 0.333. The van der Waals surface area contributed by atoms with Gasteiger partial charge in [0, 0.05) is 17.8 Å². The van der Waals surface area contributed by atoms with Crippen LogP contribution in [0.25, 0.3) is 5.82 Å². The van der Waals surface area contributed by atoms with Gasteiger partial charge in [0.15, 0.2) is 11.0 Å². The van der Waals surface area contributed by atoms with Crippen molar-refractivity contribution in [1.29, 1.82) is 5.26 Å². The summed E-state index contributed by atoms with van der Waals surface area (Å²) in [6.45, 7) is 5.94. The van der Waals surface area contributed by atoms with Crippen LogP contribution in [-0.4, -0.2) is 19.7 Å². The zero-order valence-corrected chi connectivity index (χ0v) is 11.1. The lowest BCUT2D eigenvalue weighted by Gasteiger charge is -2.14. The summed E-state index contributed by atoms with van der Waals surface area (Å²) in [5.41, 5.74) is 0.776. The van der Waals surface area contributed by atoms with Crippen LogP contribution in [0.1, 0.15) is 32.0 Å². The van der Waals surface area contributed by atoms with Crippen molar-refractivity contribution in [2.45, 2.75) is 26.2 Å². The Hall–Kier alpha value is -1.93. The number of hydrogen-bond acceptors (Lipinski definition) is 4. The monoisotopic (exact) mass is 261 g/mol. The third-order valence-corrected chi connectivity index (χ3v) is 2.77. The van der Waals surface area contributed by atoms with Crippen molar-refractivity contribution in [3.05, 3.63) is 35.0 Å². The van der Waals surface area contributed by atoms with Gasteiger partial charge in [0.05, 0.1) is 11.9 Å². The first kappa shape index (κ1) is 12.5. The van der Waals surface area contributed by atoms with Gasteiger partial charge < -0.3 is 0 Å². The highest BCUT2D eigenvalue weighted by Gasteiger charge is 2.26. The van der Waals surface area contributed by atoms with Crippen molar-refractivity contribution in [2.75, 3.05) is 0 Å². The molecule has 0 aliphatic rings. The molecule has 0 saturated carbocycles. The van der Waals surface area contributed by atoms with Gasteiger partial charge in [0.1, 0.15) is 11.6 Å². The molecule has 2 rings (SSSR count). The van der Waals surface area contributed by atoms with E-state index in [4.69, 9.17) is 11.6 Å². The second-order valence-electron chi connectivity index (χ2n) is 4.85. The van der Waals surface area contributed by atoms with Crippen molar-refractivity contribution in [3.63, 3.8) is 0 Å². The smallest absolute Gasteiger partial charge is 0.173 e. The Morgan fingerprint density at radius 3 is 2.50 bits per heavy atom. The molecule has 18 heavy (non-hydrogen) atoms. The molecule has 0 unspecified atom stereocenters. The van der Waals surface area contributed by atoms with E-state index in [0.717, 1.165) is 0 Å². The molecule has 2 aromatic rings. The van der Waals surface area contributed by atoms with Crippen LogP contribution in [-0.2, 0) is 5.41 Å². The summed E-state index contributed by atoms with van der Waals surface area (Å²) in [7, 11) is 0. The molecule has 5 nitrogen and oxygen atoms in total. The highest BCUT2D eigenvalue weighted by Crippen LogP contribution is 2.30. The van der Waals surface area contributed by atoms with Crippen LogP contribution in [0.5, 0.6) is 0 Å². The summed E-state index contributed by atoms with van der Waals surface area (Å²) in [5, 5.41) is 13.8. The number of halogens is 1. The summed E-state index contributed by atoms with van der Waals surface area (Å²) >= 11 is 6.18. The van der Waals surface area contributed by atoms with Gasteiger partial charge in [0.25, 0.3) is 0 Å². The van der Waals surface area contributed by atoms with Crippen LogP contribution in [0, 0.1) is 11.3 Å². The predicted octanol–water partition coefficient (Wildman–Crippen LogP) is 2.48. The quantitative estimate of drug-likeness (QED) is 0.791. The van der Waals surface area contributed by atoms with Crippen LogP contribution >= 0.6 is 11.6 Å². The Morgan fingerprint density at radius 1 is 1.33 bits per heavy atom. The van der Waals surface area contributed by atoms with Crippen molar-refractivity contribution in [1.82, 2.24) is 19.7 Å². The number of aromatic nitrogens is 4. The molecule has 2 aromatic heterocycles. The van der Waals surface area contributed by atoms with E-state index in [1.165, 1.54) is 4.68 Å². The zero-order valence-electron chi connectivity index (χ0n) is 10.3. The summed E-state index contributed by atoms with van der Waals surface area (Å²) in [4.78, 5) is 8.09. The summed E-state index contributed by atoms with van der Waals surface area (Å²) in [6.07, 6.45) is 4.67. The minimum atomic E-state index is -0.262. The lowest BCUT2D eigenvalue weighted by atomic mass is 9.90. The maximum Gasteiger partial charge on any atom is 0.173 e. The number of nitrogens with zero attached hydrogens (tertiary/aromatic N) is 5. The standard InChI is InChI=1S/C12H12ClN5/c1-12(2,3)10-8(6-14)11(13)18(17-10)9-7-15-4-5-16-9/h4-5,7H,1-3H3. The molecule has 92 valence electrons. The molecule has 6 heteroatoms. The Kier molecular flexibility index (Phi) is 3.05. The van der Waals surface area contributed by atoms with Gasteiger partial charge in [-0.05, 0) is 0 Å². The fourth-order valence-electron chi connectivity index (χ4n) is 1.57. The highest BCUT2D eigenvalue weighted by molar-refractivity contribution is 6.31. The van der Waals surface area contributed by atoms with Crippen molar-refractivity contribution >= 4 is 11.6 Å². The highest BCUT2D eigenvalue weighted by atomic mass is 35.5. The lowest BCUT2D eigenvalue weighted by Crippen LogP contribution is -2.14. The normalized spacial score (nSPS) is 11.3. The molecule has 0 aliphatic heterocycles. The second kappa shape index (κ2) is 4.39. The van der Waals surface area contributed by atoms with Gasteiger partial charge in [-0.2, -0.15) is 10.4 Å². The maximum atomic E-state index is 9.20. The average Bonchev–Trinajstić information content (AvgIpc) is 2.67. The van der Waals surface area contributed by atoms with Gasteiger partial charge in [-0.25, -0.2) is 9.67 Å². The largest absolute Gasteiger partial charge is 0.259 e. The minimum Gasteiger partial charge on any atom is -0.259 e. The summed E-state index contributed by atoms with van der Waals surface area (Å²) < 4.78 is 1.44. The second-order valence-corrected chi connectivity index (χ2v) is 5.21. The van der Waals surface area contributed by atoms with E-state index >= 15 is 0 Å². The molecule has 0 spiro atoms. The van der Waals surface area contributed by atoms with Gasteiger partial charge in [-0.15, -0.1) is 0 Å². The van der Waals surface area contributed by atoms with E-state index < -0.39 is 0 Å². The van der Waals surface area contributed by atoms with E-state index in [-0.39, 0.29) is 10.6 Å². The molecule has 0 radical (unpaired) electrons. The molecule has 0 aromatic carbocycles. The molecule has 0 saturated heterocycles. The minimum absolute atomic E-state index is 0.262. The fourth-order valence-corrected chi connectivity index (χ4v) is 1.83. The number of rotatable bonds is 1. The van der Waals surface area contributed by atoms with Gasteiger partial charge in [-0.3, -0.25) is 4.98 Å². The Bertz CT molecular complexity index is 604. The Morgan fingerprint density at radius 2 is 2.06 bits per heavy atom. The molecule has 0 N–H and O–H groups in total. The van der Waals surface area contributed by atoms with Crippen LogP contribution < -0.4 is 0 Å². The first-order valence-electron chi connectivity index (χ1n) is 5.40. The first-order chi connectivity index (χ1) is 8.45. The number of nitriles is 1. The average molecular weight is 262 g/mol. The zero-order chi connectivity index (χ0) is 13.3. The molecule has 0 amide bonds. The predicted molar refractivity (Wildman–Crippen MR) is 67.6 cm³/mol. The van der Waals surface area contributed by atoms with E-state index in [1.54, 1.807) is 18.6 Å². The Balaban J connectivity index is 2.66. The van der Waals surface area contributed by atoms with Crippen molar-refractivity contribution in [2.24, 2.45) is 0 Å². The summed E-state index contributed by atoms with van der Waals surface area (Å²) in [6, 6.07) is 2.10. The van der Waals surface area contributed by atoms with Crippen LogP contribution in [0.4, 0.5) is 0 Å². The van der Waals surface area contributed by atoms with Gasteiger partial charge >= 0.3 is 0 Å². The molecule has 2 heterocycles. The van der Waals surface area contributed by atoms with Crippen molar-refractivity contribution < 1.29 is 0 Å².